The molecule has 9 heteroatoms. The molecule has 1 aromatic carbocycles. The average molecular weight is 425 g/mol. The standard InChI is InChI=1S/C20H17ClN6OS/c1-12-16(26-11-5-4-6-15(26)22-12)17-23-24-19-27(17)25-18(29-19)20(2,3)28-14-9-7-13(21)8-10-14/h4-11H,1-3H3. The second-order valence-electron chi connectivity index (χ2n) is 7.17. The topological polar surface area (TPSA) is 69.6 Å². The third kappa shape index (κ3) is 3.04. The molecule has 4 aromatic heterocycles. The number of imidazole rings is 1. The molecule has 0 aliphatic rings. The van der Waals surface area contributed by atoms with Crippen LogP contribution in [0.1, 0.15) is 24.5 Å². The molecular weight excluding hydrogens is 408 g/mol. The first kappa shape index (κ1) is 18.1. The van der Waals surface area contributed by atoms with Crippen LogP contribution >= 0.6 is 22.9 Å². The monoisotopic (exact) mass is 424 g/mol. The highest BCUT2D eigenvalue weighted by Crippen LogP contribution is 2.33. The van der Waals surface area contributed by atoms with E-state index < -0.39 is 5.60 Å². The summed E-state index contributed by atoms with van der Waals surface area (Å²) < 4.78 is 9.94. The van der Waals surface area contributed by atoms with Gasteiger partial charge in [0.25, 0.3) is 0 Å². The Morgan fingerprint density at radius 2 is 1.86 bits per heavy atom. The van der Waals surface area contributed by atoms with Crippen molar-refractivity contribution in [3.63, 3.8) is 0 Å². The molecule has 146 valence electrons. The Labute approximate surface area is 175 Å². The van der Waals surface area contributed by atoms with Crippen molar-refractivity contribution in [3.8, 4) is 17.3 Å². The number of fused-ring (bicyclic) bond motifs is 2. The zero-order valence-corrected chi connectivity index (χ0v) is 17.6. The third-order valence-electron chi connectivity index (χ3n) is 4.61. The second kappa shape index (κ2) is 6.53. The van der Waals surface area contributed by atoms with Gasteiger partial charge in [0.15, 0.2) is 10.6 Å². The molecule has 7 nitrogen and oxygen atoms in total. The van der Waals surface area contributed by atoms with Crippen LogP contribution in [0, 0.1) is 6.92 Å². The molecule has 0 saturated carbocycles. The summed E-state index contributed by atoms with van der Waals surface area (Å²) in [5.41, 5.74) is 1.96. The highest BCUT2D eigenvalue weighted by Gasteiger charge is 2.30. The predicted molar refractivity (Wildman–Crippen MR) is 113 cm³/mol. The van der Waals surface area contributed by atoms with Gasteiger partial charge in [0.1, 0.15) is 17.1 Å². The molecule has 0 N–H and O–H groups in total. The molecule has 4 heterocycles. The van der Waals surface area contributed by atoms with Crippen molar-refractivity contribution in [2.75, 3.05) is 0 Å². The molecule has 5 rings (SSSR count). The van der Waals surface area contributed by atoms with Crippen molar-refractivity contribution in [2.24, 2.45) is 0 Å². The highest BCUT2D eigenvalue weighted by atomic mass is 35.5. The number of halogens is 1. The van der Waals surface area contributed by atoms with Gasteiger partial charge in [0, 0.05) is 11.2 Å². The Balaban J connectivity index is 1.57. The van der Waals surface area contributed by atoms with E-state index in [2.05, 4.69) is 15.2 Å². The van der Waals surface area contributed by atoms with E-state index in [1.165, 1.54) is 11.3 Å². The molecule has 29 heavy (non-hydrogen) atoms. The first-order chi connectivity index (χ1) is 13.9. The molecule has 0 fully saturated rings. The fourth-order valence-corrected chi connectivity index (χ4v) is 4.24. The molecule has 0 unspecified atom stereocenters. The van der Waals surface area contributed by atoms with Crippen molar-refractivity contribution in [2.45, 2.75) is 26.4 Å². The first-order valence-corrected chi connectivity index (χ1v) is 10.2. The lowest BCUT2D eigenvalue weighted by molar-refractivity contribution is 0.107. The average Bonchev–Trinajstić information content (AvgIpc) is 3.35. The molecule has 0 radical (unpaired) electrons. The quantitative estimate of drug-likeness (QED) is 0.415. The zero-order valence-electron chi connectivity index (χ0n) is 16.0. The predicted octanol–water partition coefficient (Wildman–Crippen LogP) is 4.78. The van der Waals surface area contributed by atoms with Crippen molar-refractivity contribution >= 4 is 33.5 Å². The summed E-state index contributed by atoms with van der Waals surface area (Å²) in [5.74, 6) is 1.38. The Morgan fingerprint density at radius 3 is 2.66 bits per heavy atom. The Kier molecular flexibility index (Phi) is 4.07. The number of ether oxygens (including phenoxy) is 1. The van der Waals surface area contributed by atoms with Gasteiger partial charge >= 0.3 is 0 Å². The minimum Gasteiger partial charge on any atom is -0.481 e. The fourth-order valence-electron chi connectivity index (χ4n) is 3.23. The van der Waals surface area contributed by atoms with Gasteiger partial charge in [-0.1, -0.05) is 29.0 Å². The van der Waals surface area contributed by atoms with Gasteiger partial charge in [-0.2, -0.15) is 9.61 Å². The summed E-state index contributed by atoms with van der Waals surface area (Å²) in [7, 11) is 0. The number of benzene rings is 1. The van der Waals surface area contributed by atoms with E-state index in [1.54, 1.807) is 16.6 Å². The maximum Gasteiger partial charge on any atom is 0.235 e. The molecule has 5 aromatic rings. The van der Waals surface area contributed by atoms with Crippen LogP contribution in [0.5, 0.6) is 5.75 Å². The van der Waals surface area contributed by atoms with Crippen LogP contribution in [0.4, 0.5) is 0 Å². The van der Waals surface area contributed by atoms with Crippen molar-refractivity contribution in [3.05, 3.63) is 64.4 Å². The van der Waals surface area contributed by atoms with Gasteiger partial charge in [0.05, 0.1) is 5.69 Å². The summed E-state index contributed by atoms with van der Waals surface area (Å²) >= 11 is 7.42. The van der Waals surface area contributed by atoms with E-state index in [-0.39, 0.29) is 0 Å². The van der Waals surface area contributed by atoms with Crippen molar-refractivity contribution in [1.29, 1.82) is 0 Å². The number of hydrogen-bond acceptors (Lipinski definition) is 6. The minimum atomic E-state index is -0.648. The number of pyridine rings is 1. The van der Waals surface area contributed by atoms with E-state index in [0.29, 0.717) is 15.8 Å². The summed E-state index contributed by atoms with van der Waals surface area (Å²) in [6, 6.07) is 13.2. The summed E-state index contributed by atoms with van der Waals surface area (Å²) in [6.45, 7) is 5.92. The van der Waals surface area contributed by atoms with E-state index in [1.807, 2.05) is 61.7 Å². The van der Waals surface area contributed by atoms with Gasteiger partial charge < -0.3 is 4.74 Å². The summed E-state index contributed by atoms with van der Waals surface area (Å²) in [6.07, 6.45) is 1.96. The molecule has 0 saturated heterocycles. The van der Waals surface area contributed by atoms with Crippen LogP contribution < -0.4 is 4.74 Å². The smallest absolute Gasteiger partial charge is 0.235 e. The molecule has 0 spiro atoms. The number of rotatable bonds is 4. The lowest BCUT2D eigenvalue weighted by Crippen LogP contribution is -2.25. The minimum absolute atomic E-state index is 0.648. The number of nitrogens with zero attached hydrogens (tertiary/aromatic N) is 6. The van der Waals surface area contributed by atoms with Gasteiger partial charge in [-0.05, 0) is 57.2 Å². The molecule has 0 amide bonds. The summed E-state index contributed by atoms with van der Waals surface area (Å²) in [4.78, 5) is 5.32. The lowest BCUT2D eigenvalue weighted by Gasteiger charge is -2.23. The van der Waals surface area contributed by atoms with E-state index >= 15 is 0 Å². The zero-order chi connectivity index (χ0) is 20.2. The fraction of sp³-hybridized carbons (Fsp3) is 0.200. The van der Waals surface area contributed by atoms with Crippen molar-refractivity contribution < 1.29 is 4.74 Å². The maximum absolute atomic E-state index is 6.18. The first-order valence-electron chi connectivity index (χ1n) is 9.04. The molecule has 0 aliphatic carbocycles. The van der Waals surface area contributed by atoms with E-state index in [9.17, 15) is 0 Å². The van der Waals surface area contributed by atoms with Crippen LogP contribution in [0.25, 0.3) is 22.1 Å². The number of aromatic nitrogens is 6. The maximum atomic E-state index is 6.18. The number of aryl methyl sites for hydroxylation is 1. The Morgan fingerprint density at radius 1 is 1.07 bits per heavy atom. The van der Waals surface area contributed by atoms with Crippen LogP contribution in [-0.2, 0) is 5.60 Å². The Bertz CT molecular complexity index is 1330. The number of hydrogen-bond donors (Lipinski definition) is 0. The Hall–Kier alpha value is -2.97. The van der Waals surface area contributed by atoms with Crippen LogP contribution in [0.3, 0.4) is 0 Å². The van der Waals surface area contributed by atoms with Crippen LogP contribution in [-0.4, -0.2) is 29.2 Å². The van der Waals surface area contributed by atoms with E-state index in [0.717, 1.165) is 27.8 Å². The molecule has 0 aliphatic heterocycles. The largest absolute Gasteiger partial charge is 0.481 e. The lowest BCUT2D eigenvalue weighted by atomic mass is 10.1. The van der Waals surface area contributed by atoms with Gasteiger partial charge in [-0.3, -0.25) is 4.40 Å². The normalized spacial score (nSPS) is 12.1. The van der Waals surface area contributed by atoms with Crippen LogP contribution in [0.2, 0.25) is 5.02 Å². The molecule has 0 atom stereocenters. The van der Waals surface area contributed by atoms with Gasteiger partial charge in [-0.15, -0.1) is 10.2 Å². The second-order valence-corrected chi connectivity index (χ2v) is 8.56. The summed E-state index contributed by atoms with van der Waals surface area (Å²) in [5, 5.41) is 14.9. The molecular formula is C20H17ClN6OS. The van der Waals surface area contributed by atoms with Gasteiger partial charge in [0.2, 0.25) is 10.8 Å². The highest BCUT2D eigenvalue weighted by molar-refractivity contribution is 7.16. The van der Waals surface area contributed by atoms with E-state index in [4.69, 9.17) is 21.4 Å². The van der Waals surface area contributed by atoms with Crippen molar-refractivity contribution in [1.82, 2.24) is 29.2 Å². The molecule has 0 bridgehead atoms. The van der Waals surface area contributed by atoms with Crippen LogP contribution in [0.15, 0.2) is 48.7 Å². The third-order valence-corrected chi connectivity index (χ3v) is 6.06. The van der Waals surface area contributed by atoms with Gasteiger partial charge in [-0.25, -0.2) is 4.98 Å². The SMILES string of the molecule is Cc1nc2ccccn2c1-c1nnc2sc(C(C)(C)Oc3ccc(Cl)cc3)nn12.